The maximum atomic E-state index is 5.61. The second kappa shape index (κ2) is 11.6. The van der Waals surface area contributed by atoms with Gasteiger partial charge in [0.1, 0.15) is 0 Å². The first-order valence-corrected chi connectivity index (χ1v) is 12.6. The molecule has 2 aliphatic carbocycles. The lowest BCUT2D eigenvalue weighted by atomic mass is 9.95. The lowest BCUT2D eigenvalue weighted by Crippen LogP contribution is -2.27. The van der Waals surface area contributed by atoms with Crippen LogP contribution < -0.4 is 21.7 Å². The van der Waals surface area contributed by atoms with Crippen LogP contribution in [0.1, 0.15) is 25.7 Å². The molecule has 0 aliphatic heterocycles. The molecule has 0 spiro atoms. The van der Waals surface area contributed by atoms with E-state index in [9.17, 15) is 0 Å². The van der Waals surface area contributed by atoms with E-state index in [-0.39, 0.29) is 0 Å². The highest BCUT2D eigenvalue weighted by atomic mass is 16.5. The van der Waals surface area contributed by atoms with Crippen LogP contribution in [-0.2, 0) is 9.47 Å². The van der Waals surface area contributed by atoms with E-state index in [1.807, 2.05) is 18.2 Å². The van der Waals surface area contributed by atoms with Crippen molar-refractivity contribution < 1.29 is 9.47 Å². The third-order valence-electron chi connectivity index (χ3n) is 6.86. The first kappa shape index (κ1) is 23.7. The van der Waals surface area contributed by atoms with Crippen LogP contribution in [0.4, 0.5) is 23.5 Å². The number of fused-ring (bicyclic) bond motifs is 3. The zero-order chi connectivity index (χ0) is 23.9. The highest BCUT2D eigenvalue weighted by molar-refractivity contribution is 5.86. The molecule has 3 unspecified atom stereocenters. The van der Waals surface area contributed by atoms with Crippen molar-refractivity contribution >= 4 is 34.3 Å². The zero-order valence-corrected chi connectivity index (χ0v) is 20.1. The molecule has 0 radical (unpaired) electrons. The van der Waals surface area contributed by atoms with Gasteiger partial charge in [0.25, 0.3) is 0 Å². The van der Waals surface area contributed by atoms with Gasteiger partial charge < -0.3 is 31.2 Å². The van der Waals surface area contributed by atoms with Crippen LogP contribution in [0.2, 0.25) is 0 Å². The van der Waals surface area contributed by atoms with Crippen molar-refractivity contribution in [3.63, 3.8) is 0 Å². The summed E-state index contributed by atoms with van der Waals surface area (Å²) in [5.41, 5.74) is 6.35. The van der Waals surface area contributed by atoms with Crippen LogP contribution in [0.25, 0.3) is 10.8 Å². The number of nitrogens with two attached hydrogens (primary N) is 1. The van der Waals surface area contributed by atoms with E-state index in [1.165, 1.54) is 31.1 Å². The summed E-state index contributed by atoms with van der Waals surface area (Å²) in [5, 5.41) is 12.6. The minimum Gasteiger partial charge on any atom is -0.378 e. The van der Waals surface area contributed by atoms with Crippen molar-refractivity contribution in [3.05, 3.63) is 42.5 Å². The van der Waals surface area contributed by atoms with Gasteiger partial charge in [-0.3, -0.25) is 0 Å². The Balaban J connectivity index is 1.25. The van der Waals surface area contributed by atoms with Crippen molar-refractivity contribution in [2.24, 2.45) is 17.6 Å². The van der Waals surface area contributed by atoms with Crippen molar-refractivity contribution in [3.8, 4) is 0 Å². The van der Waals surface area contributed by atoms with Crippen LogP contribution in [0, 0.1) is 11.8 Å². The third kappa shape index (κ3) is 6.36. The minimum absolute atomic E-state index is 0.439. The van der Waals surface area contributed by atoms with Gasteiger partial charge in [0.05, 0.1) is 26.4 Å². The molecule has 3 aromatic rings. The largest absolute Gasteiger partial charge is 0.378 e. The van der Waals surface area contributed by atoms with Crippen LogP contribution in [0.3, 0.4) is 0 Å². The summed E-state index contributed by atoms with van der Waals surface area (Å²) in [4.78, 5) is 14.0. The fourth-order valence-electron chi connectivity index (χ4n) is 5.20. The van der Waals surface area contributed by atoms with Gasteiger partial charge in [0.15, 0.2) is 0 Å². The lowest BCUT2D eigenvalue weighted by Gasteiger charge is -2.23. The molecule has 186 valence electrons. The average molecular weight is 478 g/mol. The molecular formula is C26H35N7O2. The summed E-state index contributed by atoms with van der Waals surface area (Å²) in [6.07, 6.45) is 5.18. The number of ether oxygens (including phenoxy) is 2. The van der Waals surface area contributed by atoms with E-state index < -0.39 is 0 Å². The Labute approximate surface area is 206 Å². The number of hydrogen-bond donors (Lipinski definition) is 4. The Morgan fingerprint density at radius 3 is 2.43 bits per heavy atom. The van der Waals surface area contributed by atoms with E-state index in [4.69, 9.17) is 20.2 Å². The fourth-order valence-corrected chi connectivity index (χ4v) is 5.20. The maximum Gasteiger partial charge on any atom is 0.233 e. The van der Waals surface area contributed by atoms with Gasteiger partial charge in [-0.05, 0) is 54.0 Å². The van der Waals surface area contributed by atoms with Gasteiger partial charge in [-0.25, -0.2) is 0 Å². The molecule has 2 aromatic carbocycles. The van der Waals surface area contributed by atoms with Gasteiger partial charge in [-0.15, -0.1) is 0 Å². The molecule has 9 nitrogen and oxygen atoms in total. The van der Waals surface area contributed by atoms with Crippen molar-refractivity contribution in [1.29, 1.82) is 0 Å². The SMILES string of the molecule is NCCOCCOCCNc1nc(Nc2ccc3ccccc3c2)nc(NC2CC3CCC2C3)n1. The number of nitrogens with zero attached hydrogens (tertiary/aromatic N) is 3. The summed E-state index contributed by atoms with van der Waals surface area (Å²) in [6.45, 7) is 3.27. The van der Waals surface area contributed by atoms with Gasteiger partial charge in [-0.2, -0.15) is 15.0 Å². The average Bonchev–Trinajstić information content (AvgIpc) is 3.49. The van der Waals surface area contributed by atoms with Crippen molar-refractivity contribution in [2.75, 3.05) is 55.5 Å². The summed E-state index contributed by atoms with van der Waals surface area (Å²) in [5.74, 6) is 3.22. The Hall–Kier alpha value is -3.01. The normalized spacial score (nSPS) is 20.9. The van der Waals surface area contributed by atoms with Crippen molar-refractivity contribution in [2.45, 2.75) is 31.7 Å². The molecule has 9 heteroatoms. The van der Waals surface area contributed by atoms with Crippen LogP contribution in [0.15, 0.2) is 42.5 Å². The zero-order valence-electron chi connectivity index (χ0n) is 20.1. The Kier molecular flexibility index (Phi) is 7.87. The Bertz CT molecular complexity index is 1110. The molecule has 5 rings (SSSR count). The Morgan fingerprint density at radius 1 is 0.829 bits per heavy atom. The number of rotatable bonds is 13. The second-order valence-corrected chi connectivity index (χ2v) is 9.36. The number of hydrogen-bond acceptors (Lipinski definition) is 9. The summed E-state index contributed by atoms with van der Waals surface area (Å²) in [7, 11) is 0. The molecule has 2 bridgehead atoms. The highest BCUT2D eigenvalue weighted by Crippen LogP contribution is 2.45. The van der Waals surface area contributed by atoms with Crippen molar-refractivity contribution in [1.82, 2.24) is 15.0 Å². The monoisotopic (exact) mass is 477 g/mol. The van der Waals surface area contributed by atoms with Crippen LogP contribution in [-0.4, -0.2) is 60.5 Å². The van der Waals surface area contributed by atoms with Gasteiger partial charge in [0, 0.05) is 24.8 Å². The third-order valence-corrected chi connectivity index (χ3v) is 6.86. The topological polar surface area (TPSA) is 119 Å². The second-order valence-electron chi connectivity index (χ2n) is 9.36. The number of anilines is 4. The molecule has 5 N–H and O–H groups in total. The molecule has 35 heavy (non-hydrogen) atoms. The molecule has 2 fully saturated rings. The van der Waals surface area contributed by atoms with E-state index in [2.05, 4.69) is 50.2 Å². The minimum atomic E-state index is 0.439. The number of nitrogens with one attached hydrogen (secondary N) is 3. The smallest absolute Gasteiger partial charge is 0.233 e. The Morgan fingerprint density at radius 2 is 1.63 bits per heavy atom. The van der Waals surface area contributed by atoms with Crippen LogP contribution in [0.5, 0.6) is 0 Å². The predicted molar refractivity (Wildman–Crippen MR) is 139 cm³/mol. The maximum absolute atomic E-state index is 5.61. The first-order valence-electron chi connectivity index (χ1n) is 12.6. The molecular weight excluding hydrogens is 442 g/mol. The molecule has 1 heterocycles. The molecule has 0 saturated heterocycles. The molecule has 2 saturated carbocycles. The van der Waals surface area contributed by atoms with Gasteiger partial charge >= 0.3 is 0 Å². The van der Waals surface area contributed by atoms with Crippen LogP contribution >= 0.6 is 0 Å². The quantitative estimate of drug-likeness (QED) is 0.273. The van der Waals surface area contributed by atoms with E-state index in [1.54, 1.807) is 0 Å². The molecule has 0 amide bonds. The number of benzene rings is 2. The number of aromatic nitrogens is 3. The summed E-state index contributed by atoms with van der Waals surface area (Å²) < 4.78 is 10.9. The fraction of sp³-hybridized carbons (Fsp3) is 0.500. The molecule has 1 aromatic heterocycles. The van der Waals surface area contributed by atoms with E-state index in [0.717, 1.165) is 22.9 Å². The first-order chi connectivity index (χ1) is 17.3. The molecule has 2 aliphatic rings. The summed E-state index contributed by atoms with van der Waals surface area (Å²) in [6, 6.07) is 15.0. The standard InChI is InChI=1S/C26H35N7O2/c27-9-11-34-13-14-35-12-10-28-24-31-25(29-22-8-7-19-3-1-2-4-20(19)17-22)33-26(32-24)30-23-16-18-5-6-21(23)15-18/h1-4,7-8,17-18,21,23H,5-6,9-16,27H2,(H3,28,29,30,31,32,33). The predicted octanol–water partition coefficient (Wildman–Crippen LogP) is 3.77. The summed E-state index contributed by atoms with van der Waals surface area (Å²) >= 11 is 0. The lowest BCUT2D eigenvalue weighted by molar-refractivity contribution is 0.0547. The van der Waals surface area contributed by atoms with E-state index >= 15 is 0 Å². The van der Waals surface area contributed by atoms with Gasteiger partial charge in [-0.1, -0.05) is 36.8 Å². The van der Waals surface area contributed by atoms with Gasteiger partial charge in [0.2, 0.25) is 17.8 Å². The van der Waals surface area contributed by atoms with E-state index in [0.29, 0.717) is 63.4 Å². The highest BCUT2D eigenvalue weighted by Gasteiger charge is 2.39. The molecule has 3 atom stereocenters.